The van der Waals surface area contributed by atoms with Crippen molar-refractivity contribution in [1.82, 2.24) is 9.78 Å². The molecule has 80 valence electrons. The normalized spacial score (nSPS) is 11.6. The zero-order valence-electron chi connectivity index (χ0n) is 7.99. The van der Waals surface area contributed by atoms with Crippen molar-refractivity contribution in [3.63, 3.8) is 0 Å². The van der Waals surface area contributed by atoms with Crippen molar-refractivity contribution in [2.45, 2.75) is 6.92 Å². The summed E-state index contributed by atoms with van der Waals surface area (Å²) in [7, 11) is -1.66. The van der Waals surface area contributed by atoms with E-state index in [2.05, 4.69) is 9.82 Å². The number of sulfonamides is 1. The second kappa shape index (κ2) is 4.18. The fraction of sp³-hybridized carbons (Fsp3) is 0.571. The van der Waals surface area contributed by atoms with Crippen LogP contribution in [0.4, 0.5) is 5.82 Å². The Balaban J connectivity index is 2.83. The summed E-state index contributed by atoms with van der Waals surface area (Å²) in [5, 5.41) is 4.01. The van der Waals surface area contributed by atoms with Crippen LogP contribution in [0.3, 0.4) is 0 Å². The lowest BCUT2D eigenvalue weighted by molar-refractivity contribution is 0.601. The van der Waals surface area contributed by atoms with Crippen LogP contribution < -0.4 is 4.72 Å². The molecule has 0 amide bonds. The fourth-order valence-electron chi connectivity index (χ4n) is 1.02. The third-order valence-electron chi connectivity index (χ3n) is 1.61. The average Bonchev–Trinajstić information content (AvgIpc) is 2.28. The van der Waals surface area contributed by atoms with Crippen molar-refractivity contribution < 1.29 is 8.42 Å². The van der Waals surface area contributed by atoms with Crippen LogP contribution in [0.15, 0.2) is 6.07 Å². The standard InChI is InChI=1S/C7H12ClN3O2S/c1-6-5-7(11(2)9-6)10-14(12,13)4-3-8/h5,10H,3-4H2,1-2H3. The molecule has 1 N–H and O–H groups in total. The summed E-state index contributed by atoms with van der Waals surface area (Å²) in [6.07, 6.45) is 0. The summed E-state index contributed by atoms with van der Waals surface area (Å²) in [6.45, 7) is 1.79. The molecule has 0 aliphatic carbocycles. The Morgan fingerprint density at radius 1 is 1.64 bits per heavy atom. The molecule has 0 aliphatic rings. The van der Waals surface area contributed by atoms with E-state index >= 15 is 0 Å². The van der Waals surface area contributed by atoms with E-state index in [1.807, 2.05) is 0 Å². The summed E-state index contributed by atoms with van der Waals surface area (Å²) in [4.78, 5) is 0. The Labute approximate surface area is 88.1 Å². The molecule has 7 heteroatoms. The number of nitrogens with zero attached hydrogens (tertiary/aromatic N) is 2. The average molecular weight is 238 g/mol. The third kappa shape index (κ3) is 2.88. The highest BCUT2D eigenvalue weighted by molar-refractivity contribution is 7.92. The number of hydrogen-bond acceptors (Lipinski definition) is 3. The van der Waals surface area contributed by atoms with Gasteiger partial charge in [-0.1, -0.05) is 0 Å². The highest BCUT2D eigenvalue weighted by atomic mass is 35.5. The zero-order chi connectivity index (χ0) is 10.8. The molecular formula is C7H12ClN3O2S. The lowest BCUT2D eigenvalue weighted by Gasteiger charge is -2.05. The van der Waals surface area contributed by atoms with Crippen LogP contribution >= 0.6 is 11.6 Å². The Bertz CT molecular complexity index is 413. The van der Waals surface area contributed by atoms with Gasteiger partial charge in [0, 0.05) is 19.0 Å². The molecule has 0 aliphatic heterocycles. The van der Waals surface area contributed by atoms with E-state index in [0.717, 1.165) is 5.69 Å². The molecule has 0 atom stereocenters. The van der Waals surface area contributed by atoms with E-state index in [1.54, 1.807) is 20.0 Å². The first kappa shape index (κ1) is 11.3. The summed E-state index contributed by atoms with van der Waals surface area (Å²) >= 11 is 5.36. The quantitative estimate of drug-likeness (QED) is 0.785. The van der Waals surface area contributed by atoms with Crippen molar-refractivity contribution in [2.24, 2.45) is 7.05 Å². The van der Waals surface area contributed by atoms with E-state index in [9.17, 15) is 8.42 Å². The van der Waals surface area contributed by atoms with Gasteiger partial charge in [-0.15, -0.1) is 11.6 Å². The van der Waals surface area contributed by atoms with Gasteiger partial charge in [-0.25, -0.2) is 8.42 Å². The van der Waals surface area contributed by atoms with E-state index in [4.69, 9.17) is 11.6 Å². The number of aromatic nitrogens is 2. The number of anilines is 1. The van der Waals surface area contributed by atoms with E-state index in [0.29, 0.717) is 5.82 Å². The number of alkyl halides is 1. The maximum absolute atomic E-state index is 11.3. The number of nitrogens with one attached hydrogen (secondary N) is 1. The van der Waals surface area contributed by atoms with Crippen molar-refractivity contribution in [2.75, 3.05) is 16.4 Å². The predicted octanol–water partition coefficient (Wildman–Crippen LogP) is 0.709. The molecular weight excluding hydrogens is 226 g/mol. The molecule has 0 unspecified atom stereocenters. The molecule has 0 bridgehead atoms. The van der Waals surface area contributed by atoms with E-state index in [-0.39, 0.29) is 11.6 Å². The van der Waals surface area contributed by atoms with Crippen LogP contribution in [0.1, 0.15) is 5.69 Å². The summed E-state index contributed by atoms with van der Waals surface area (Å²) in [5.41, 5.74) is 0.760. The van der Waals surface area contributed by atoms with Crippen LogP contribution in [-0.2, 0) is 17.1 Å². The first-order valence-corrected chi connectivity index (χ1v) is 6.20. The smallest absolute Gasteiger partial charge is 0.235 e. The highest BCUT2D eigenvalue weighted by Crippen LogP contribution is 2.10. The maximum Gasteiger partial charge on any atom is 0.235 e. The lowest BCUT2D eigenvalue weighted by Crippen LogP contribution is -2.19. The van der Waals surface area contributed by atoms with Crippen LogP contribution in [0.5, 0.6) is 0 Å². The third-order valence-corrected chi connectivity index (χ3v) is 3.28. The van der Waals surface area contributed by atoms with E-state index < -0.39 is 10.0 Å². The van der Waals surface area contributed by atoms with Gasteiger partial charge in [0.05, 0.1) is 11.4 Å². The van der Waals surface area contributed by atoms with Gasteiger partial charge < -0.3 is 0 Å². The molecule has 0 fully saturated rings. The van der Waals surface area contributed by atoms with Gasteiger partial charge in [0.25, 0.3) is 0 Å². The Kier molecular flexibility index (Phi) is 3.38. The minimum Gasteiger partial charge on any atom is -0.268 e. The SMILES string of the molecule is Cc1cc(NS(=O)(=O)CCCl)n(C)n1. The highest BCUT2D eigenvalue weighted by Gasteiger charge is 2.12. The molecule has 1 heterocycles. The molecule has 0 aromatic carbocycles. The molecule has 0 radical (unpaired) electrons. The van der Waals surface area contributed by atoms with Crippen LogP contribution in [0.25, 0.3) is 0 Å². The summed E-state index contributed by atoms with van der Waals surface area (Å²) in [5.74, 6) is 0.429. The first-order chi connectivity index (χ1) is 6.44. The lowest BCUT2D eigenvalue weighted by atomic mass is 10.5. The van der Waals surface area contributed by atoms with Gasteiger partial charge in [-0.3, -0.25) is 9.40 Å². The topological polar surface area (TPSA) is 64.0 Å². The summed E-state index contributed by atoms with van der Waals surface area (Å²) in [6, 6.07) is 1.66. The van der Waals surface area contributed by atoms with Crippen molar-refractivity contribution in [3.8, 4) is 0 Å². The monoisotopic (exact) mass is 237 g/mol. The minimum atomic E-state index is -3.34. The maximum atomic E-state index is 11.3. The van der Waals surface area contributed by atoms with E-state index in [1.165, 1.54) is 4.68 Å². The van der Waals surface area contributed by atoms with Gasteiger partial charge in [0.2, 0.25) is 10.0 Å². The van der Waals surface area contributed by atoms with Gasteiger partial charge in [-0.05, 0) is 6.92 Å². The number of halogens is 1. The number of aryl methyl sites for hydroxylation is 2. The van der Waals surface area contributed by atoms with Gasteiger partial charge >= 0.3 is 0 Å². The molecule has 14 heavy (non-hydrogen) atoms. The summed E-state index contributed by atoms with van der Waals surface area (Å²) < 4.78 is 26.5. The molecule has 5 nitrogen and oxygen atoms in total. The number of hydrogen-bond donors (Lipinski definition) is 1. The molecule has 1 aromatic heterocycles. The molecule has 1 aromatic rings. The van der Waals surface area contributed by atoms with Crippen molar-refractivity contribution >= 4 is 27.4 Å². The number of rotatable bonds is 4. The molecule has 0 saturated carbocycles. The minimum absolute atomic E-state index is 0.0756. The second-order valence-electron chi connectivity index (χ2n) is 2.90. The first-order valence-electron chi connectivity index (χ1n) is 4.02. The van der Waals surface area contributed by atoms with Gasteiger partial charge in [-0.2, -0.15) is 5.10 Å². The Morgan fingerprint density at radius 3 is 2.71 bits per heavy atom. The molecule has 0 spiro atoms. The van der Waals surface area contributed by atoms with Crippen LogP contribution in [0.2, 0.25) is 0 Å². The predicted molar refractivity (Wildman–Crippen MR) is 56.1 cm³/mol. The largest absolute Gasteiger partial charge is 0.268 e. The fourth-order valence-corrected chi connectivity index (χ4v) is 2.44. The van der Waals surface area contributed by atoms with Gasteiger partial charge in [0.15, 0.2) is 0 Å². The Morgan fingerprint density at radius 2 is 2.29 bits per heavy atom. The molecule has 0 saturated heterocycles. The van der Waals surface area contributed by atoms with Crippen LogP contribution in [0, 0.1) is 6.92 Å². The van der Waals surface area contributed by atoms with Gasteiger partial charge in [0.1, 0.15) is 5.82 Å². The van der Waals surface area contributed by atoms with Crippen molar-refractivity contribution in [3.05, 3.63) is 11.8 Å². The van der Waals surface area contributed by atoms with Crippen LogP contribution in [-0.4, -0.2) is 29.8 Å². The zero-order valence-corrected chi connectivity index (χ0v) is 9.56. The Hall–Kier alpha value is -0.750. The molecule has 1 rings (SSSR count). The second-order valence-corrected chi connectivity index (χ2v) is 5.12. The van der Waals surface area contributed by atoms with Crippen molar-refractivity contribution in [1.29, 1.82) is 0 Å².